The van der Waals surface area contributed by atoms with Crippen LogP contribution in [0.25, 0.3) is 0 Å². The maximum atomic E-state index is 4.15. The molecule has 0 atom stereocenters. The molecule has 1 aromatic heterocycles. The summed E-state index contributed by atoms with van der Waals surface area (Å²) in [5.74, 6) is 1.53. The van der Waals surface area contributed by atoms with Gasteiger partial charge >= 0.3 is 0 Å². The molecule has 68 valence electrons. The van der Waals surface area contributed by atoms with Crippen molar-refractivity contribution in [1.82, 2.24) is 20.1 Å². The molecular formula is C8H16N4. The van der Waals surface area contributed by atoms with Gasteiger partial charge in [-0.3, -0.25) is 4.68 Å². The molecule has 0 amide bonds. The van der Waals surface area contributed by atoms with Crippen LogP contribution in [0.5, 0.6) is 0 Å². The van der Waals surface area contributed by atoms with Crippen molar-refractivity contribution in [3.8, 4) is 0 Å². The average Bonchev–Trinajstić information content (AvgIpc) is 2.35. The molecule has 4 heteroatoms. The number of nitrogens with zero attached hydrogens (tertiary/aromatic N) is 3. The van der Waals surface area contributed by atoms with Crippen molar-refractivity contribution in [2.24, 2.45) is 13.0 Å². The van der Waals surface area contributed by atoms with E-state index in [-0.39, 0.29) is 0 Å². The normalized spacial score (nSPS) is 11.0. The summed E-state index contributed by atoms with van der Waals surface area (Å²) in [6, 6.07) is 0. The molecule has 4 nitrogen and oxygen atoms in total. The van der Waals surface area contributed by atoms with E-state index in [2.05, 4.69) is 29.2 Å². The summed E-state index contributed by atoms with van der Waals surface area (Å²) in [5, 5.41) is 7.43. The minimum absolute atomic E-state index is 0.675. The first-order valence-corrected chi connectivity index (χ1v) is 4.23. The van der Waals surface area contributed by atoms with Crippen LogP contribution in [0.15, 0.2) is 6.33 Å². The molecule has 0 aromatic carbocycles. The topological polar surface area (TPSA) is 42.7 Å². The number of aryl methyl sites for hydroxylation is 1. The van der Waals surface area contributed by atoms with Gasteiger partial charge in [0.15, 0.2) is 5.82 Å². The summed E-state index contributed by atoms with van der Waals surface area (Å²) in [6.45, 7) is 6.13. The van der Waals surface area contributed by atoms with Crippen LogP contribution < -0.4 is 5.32 Å². The van der Waals surface area contributed by atoms with E-state index in [1.165, 1.54) is 0 Å². The molecule has 0 fully saturated rings. The zero-order chi connectivity index (χ0) is 8.97. The highest BCUT2D eigenvalue weighted by molar-refractivity contribution is 4.79. The Kier molecular flexibility index (Phi) is 3.22. The van der Waals surface area contributed by atoms with Crippen molar-refractivity contribution >= 4 is 0 Å². The lowest BCUT2D eigenvalue weighted by Crippen LogP contribution is -2.19. The first-order chi connectivity index (χ1) is 5.68. The lowest BCUT2D eigenvalue weighted by Gasteiger charge is -2.03. The van der Waals surface area contributed by atoms with E-state index in [1.54, 1.807) is 11.0 Å². The van der Waals surface area contributed by atoms with Crippen molar-refractivity contribution in [1.29, 1.82) is 0 Å². The monoisotopic (exact) mass is 168 g/mol. The fraction of sp³-hybridized carbons (Fsp3) is 0.750. The molecule has 0 saturated heterocycles. The molecule has 12 heavy (non-hydrogen) atoms. The van der Waals surface area contributed by atoms with Gasteiger partial charge in [0.2, 0.25) is 0 Å². The van der Waals surface area contributed by atoms with E-state index in [4.69, 9.17) is 0 Å². The second kappa shape index (κ2) is 4.21. The molecule has 0 saturated carbocycles. The van der Waals surface area contributed by atoms with E-state index >= 15 is 0 Å². The van der Waals surface area contributed by atoms with Gasteiger partial charge in [-0.15, -0.1) is 0 Å². The molecule has 1 heterocycles. The van der Waals surface area contributed by atoms with Crippen LogP contribution in [0.1, 0.15) is 19.7 Å². The van der Waals surface area contributed by atoms with Gasteiger partial charge in [-0.25, -0.2) is 4.98 Å². The lowest BCUT2D eigenvalue weighted by atomic mass is 10.2. The number of aromatic nitrogens is 3. The molecule has 0 unspecified atom stereocenters. The fourth-order valence-corrected chi connectivity index (χ4v) is 0.938. The Morgan fingerprint density at radius 3 is 2.83 bits per heavy atom. The molecule has 0 aliphatic heterocycles. The third-order valence-electron chi connectivity index (χ3n) is 1.48. The lowest BCUT2D eigenvalue weighted by molar-refractivity contribution is 0.541. The Balaban J connectivity index is 2.24. The van der Waals surface area contributed by atoms with Gasteiger partial charge in [0.1, 0.15) is 6.33 Å². The maximum absolute atomic E-state index is 4.15. The third kappa shape index (κ3) is 3.00. The van der Waals surface area contributed by atoms with Crippen LogP contribution in [0.4, 0.5) is 0 Å². The predicted molar refractivity (Wildman–Crippen MR) is 47.5 cm³/mol. The van der Waals surface area contributed by atoms with E-state index < -0.39 is 0 Å². The average molecular weight is 168 g/mol. The number of rotatable bonds is 4. The van der Waals surface area contributed by atoms with E-state index in [1.807, 2.05) is 7.05 Å². The summed E-state index contributed by atoms with van der Waals surface area (Å²) in [5.41, 5.74) is 0. The Bertz CT molecular complexity index is 229. The largest absolute Gasteiger partial charge is 0.310 e. The van der Waals surface area contributed by atoms with Gasteiger partial charge in [0.25, 0.3) is 0 Å². The first kappa shape index (κ1) is 9.19. The van der Waals surface area contributed by atoms with E-state index in [0.29, 0.717) is 5.92 Å². The molecule has 0 aliphatic carbocycles. The quantitative estimate of drug-likeness (QED) is 0.714. The molecule has 0 bridgehead atoms. The highest BCUT2D eigenvalue weighted by atomic mass is 15.3. The van der Waals surface area contributed by atoms with Gasteiger partial charge in [0.05, 0.1) is 6.54 Å². The molecule has 0 spiro atoms. The summed E-state index contributed by atoms with van der Waals surface area (Å²) in [7, 11) is 1.87. The molecule has 1 rings (SSSR count). The summed E-state index contributed by atoms with van der Waals surface area (Å²) in [4.78, 5) is 4.10. The van der Waals surface area contributed by atoms with Gasteiger partial charge in [-0.1, -0.05) is 13.8 Å². The smallest absolute Gasteiger partial charge is 0.164 e. The van der Waals surface area contributed by atoms with Crippen molar-refractivity contribution in [2.75, 3.05) is 6.54 Å². The Labute approximate surface area is 73.0 Å². The van der Waals surface area contributed by atoms with Crippen molar-refractivity contribution < 1.29 is 0 Å². The van der Waals surface area contributed by atoms with E-state index in [9.17, 15) is 0 Å². The third-order valence-corrected chi connectivity index (χ3v) is 1.48. The van der Waals surface area contributed by atoms with Crippen LogP contribution in [-0.2, 0) is 13.6 Å². The highest BCUT2D eigenvalue weighted by Crippen LogP contribution is 1.90. The van der Waals surface area contributed by atoms with Crippen molar-refractivity contribution in [2.45, 2.75) is 20.4 Å². The number of hydrogen-bond donors (Lipinski definition) is 1. The SMILES string of the molecule is CC(C)CNCc1ncn(C)n1. The van der Waals surface area contributed by atoms with Crippen molar-refractivity contribution in [3.05, 3.63) is 12.2 Å². The van der Waals surface area contributed by atoms with Gasteiger partial charge < -0.3 is 5.32 Å². The van der Waals surface area contributed by atoms with Gasteiger partial charge in [0, 0.05) is 7.05 Å². The number of nitrogens with one attached hydrogen (secondary N) is 1. The number of hydrogen-bond acceptors (Lipinski definition) is 3. The summed E-state index contributed by atoms with van der Waals surface area (Å²) >= 11 is 0. The molecule has 1 N–H and O–H groups in total. The second-order valence-corrected chi connectivity index (χ2v) is 3.36. The standard InChI is InChI=1S/C8H16N4/c1-7(2)4-9-5-8-10-6-12(3)11-8/h6-7,9H,4-5H2,1-3H3. The zero-order valence-electron chi connectivity index (χ0n) is 7.91. The molecule has 0 aliphatic rings. The van der Waals surface area contributed by atoms with Crippen molar-refractivity contribution in [3.63, 3.8) is 0 Å². The molecular weight excluding hydrogens is 152 g/mol. The predicted octanol–water partition coefficient (Wildman–Crippen LogP) is 0.561. The van der Waals surface area contributed by atoms with Crippen LogP contribution in [0.3, 0.4) is 0 Å². The van der Waals surface area contributed by atoms with Crippen LogP contribution in [0.2, 0.25) is 0 Å². The Hall–Kier alpha value is -0.900. The molecule has 0 radical (unpaired) electrons. The summed E-state index contributed by atoms with van der Waals surface area (Å²) in [6.07, 6.45) is 1.71. The zero-order valence-corrected chi connectivity index (χ0v) is 7.91. The van der Waals surface area contributed by atoms with Gasteiger partial charge in [-0.05, 0) is 12.5 Å². The summed E-state index contributed by atoms with van der Waals surface area (Å²) < 4.78 is 1.71. The highest BCUT2D eigenvalue weighted by Gasteiger charge is 1.98. The van der Waals surface area contributed by atoms with Crippen LogP contribution in [-0.4, -0.2) is 21.3 Å². The second-order valence-electron chi connectivity index (χ2n) is 3.36. The minimum Gasteiger partial charge on any atom is -0.310 e. The molecule has 1 aromatic rings. The van der Waals surface area contributed by atoms with E-state index in [0.717, 1.165) is 18.9 Å². The minimum atomic E-state index is 0.675. The Morgan fingerprint density at radius 1 is 1.58 bits per heavy atom. The van der Waals surface area contributed by atoms with Crippen LogP contribution >= 0.6 is 0 Å². The van der Waals surface area contributed by atoms with Gasteiger partial charge in [-0.2, -0.15) is 5.10 Å². The fourth-order valence-electron chi connectivity index (χ4n) is 0.938. The van der Waals surface area contributed by atoms with Crippen LogP contribution in [0, 0.1) is 5.92 Å². The first-order valence-electron chi connectivity index (χ1n) is 4.23. The Morgan fingerprint density at radius 2 is 2.33 bits per heavy atom. The maximum Gasteiger partial charge on any atom is 0.164 e.